The van der Waals surface area contributed by atoms with E-state index in [1.54, 1.807) is 0 Å². The number of carbonyl (C=O) groups is 3. The number of hydrogen-bond donors (Lipinski definition) is 0. The summed E-state index contributed by atoms with van der Waals surface area (Å²) in [5.41, 5.74) is 0. The maximum Gasteiger partial charge on any atom is 0.306 e. The number of esters is 3. The lowest BCUT2D eigenvalue weighted by Crippen LogP contribution is -2.30. The van der Waals surface area contributed by atoms with E-state index in [4.69, 9.17) is 14.2 Å². The van der Waals surface area contributed by atoms with Gasteiger partial charge in [0.2, 0.25) is 0 Å². The van der Waals surface area contributed by atoms with Gasteiger partial charge >= 0.3 is 17.9 Å². The van der Waals surface area contributed by atoms with Crippen molar-refractivity contribution in [2.75, 3.05) is 13.2 Å². The molecule has 6 nitrogen and oxygen atoms in total. The monoisotopic (exact) mass is 857 g/mol. The summed E-state index contributed by atoms with van der Waals surface area (Å²) in [7, 11) is 0. The third kappa shape index (κ3) is 46.9. The fourth-order valence-electron chi connectivity index (χ4n) is 6.16. The van der Waals surface area contributed by atoms with Gasteiger partial charge in [-0.05, 0) is 103 Å². The first-order chi connectivity index (χ1) is 30.5. The van der Waals surface area contributed by atoms with Crippen LogP contribution in [0.15, 0.2) is 122 Å². The van der Waals surface area contributed by atoms with Gasteiger partial charge in [-0.15, -0.1) is 0 Å². The quantitative estimate of drug-likeness (QED) is 0.0200. The normalized spacial score (nSPS) is 13.1. The van der Waals surface area contributed by atoms with Crippen molar-refractivity contribution in [1.29, 1.82) is 0 Å². The number of hydrogen-bond acceptors (Lipinski definition) is 6. The average Bonchev–Trinajstić information content (AvgIpc) is 3.27. The van der Waals surface area contributed by atoms with Crippen LogP contribution in [0, 0.1) is 0 Å². The molecule has 0 aliphatic carbocycles. The third-order valence-corrected chi connectivity index (χ3v) is 9.75. The molecule has 0 rings (SSSR count). The van der Waals surface area contributed by atoms with Gasteiger partial charge in [-0.3, -0.25) is 14.4 Å². The van der Waals surface area contributed by atoms with E-state index >= 15 is 0 Å². The molecule has 0 saturated heterocycles. The minimum atomic E-state index is -0.816. The highest BCUT2D eigenvalue weighted by molar-refractivity contribution is 5.71. The van der Waals surface area contributed by atoms with E-state index in [2.05, 4.69) is 136 Å². The second-order valence-corrected chi connectivity index (χ2v) is 15.6. The highest BCUT2D eigenvalue weighted by Gasteiger charge is 2.19. The molecule has 0 spiro atoms. The Kier molecular flexibility index (Phi) is 46.1. The van der Waals surface area contributed by atoms with E-state index in [9.17, 15) is 14.4 Å². The van der Waals surface area contributed by atoms with Gasteiger partial charge in [0.25, 0.3) is 0 Å². The standard InChI is InChI=1S/C56H88O6/c1-4-7-10-13-16-19-22-25-27-28-29-32-34-37-40-43-46-49-55(58)61-52-53(51-60-54(57)48-45-42-39-36-33-30-24-21-18-15-12-9-6-3)62-56(59)50-47-44-41-38-35-31-26-23-20-17-14-11-8-5-2/h7-12,15-21,24-25,27,29,32,37,40,53H,4-6,13-14,22-23,26,28,30-31,33-36,38-39,41-52H2,1-3H3/b10-7+,11-8+,12-9+,18-15+,19-16+,20-17+,24-21+,27-25+,32-29+,40-37+. The molecule has 0 N–H and O–H groups in total. The Morgan fingerprint density at radius 1 is 0.339 bits per heavy atom. The van der Waals surface area contributed by atoms with Gasteiger partial charge in [0, 0.05) is 19.3 Å². The van der Waals surface area contributed by atoms with Crippen molar-refractivity contribution in [3.05, 3.63) is 122 Å². The van der Waals surface area contributed by atoms with Gasteiger partial charge in [0.1, 0.15) is 13.2 Å². The maximum atomic E-state index is 12.8. The maximum absolute atomic E-state index is 12.8. The molecule has 0 fully saturated rings. The van der Waals surface area contributed by atoms with Crippen molar-refractivity contribution in [3.8, 4) is 0 Å². The zero-order valence-corrected chi connectivity index (χ0v) is 39.6. The van der Waals surface area contributed by atoms with Gasteiger partial charge in [0.05, 0.1) is 0 Å². The molecule has 0 aromatic rings. The predicted molar refractivity (Wildman–Crippen MR) is 265 cm³/mol. The Hall–Kier alpha value is -4.19. The molecule has 0 aliphatic heterocycles. The Labute approximate surface area is 380 Å². The Balaban J connectivity index is 4.54. The largest absolute Gasteiger partial charge is 0.462 e. The Bertz CT molecular complexity index is 1350. The SMILES string of the molecule is CC/C=C/C=C/C=C/CCCCCCCC(=O)OCC(COC(=O)CCC/C=C/C/C=C/C/C=C/C/C=C/C/C=C/CC)OC(=O)CCCCCCCCC/C=C/C/C=C/CC. The minimum Gasteiger partial charge on any atom is -0.462 e. The highest BCUT2D eigenvalue weighted by Crippen LogP contribution is 2.13. The van der Waals surface area contributed by atoms with Crippen LogP contribution in [0.25, 0.3) is 0 Å². The Morgan fingerprint density at radius 2 is 0.677 bits per heavy atom. The van der Waals surface area contributed by atoms with Crippen molar-refractivity contribution < 1.29 is 28.6 Å². The predicted octanol–water partition coefficient (Wildman–Crippen LogP) is 16.1. The molecular formula is C56H88O6. The number of ether oxygens (including phenoxy) is 3. The van der Waals surface area contributed by atoms with E-state index in [-0.39, 0.29) is 37.5 Å². The fraction of sp³-hybridized carbons (Fsp3) is 0.589. The third-order valence-electron chi connectivity index (χ3n) is 9.75. The first-order valence-corrected chi connectivity index (χ1v) is 24.6. The van der Waals surface area contributed by atoms with Gasteiger partial charge in [-0.1, -0.05) is 194 Å². The number of allylic oxidation sites excluding steroid dienone is 20. The number of rotatable bonds is 42. The fourth-order valence-corrected chi connectivity index (χ4v) is 6.16. The summed E-state index contributed by atoms with van der Waals surface area (Å²) >= 11 is 0. The van der Waals surface area contributed by atoms with Crippen LogP contribution < -0.4 is 0 Å². The molecular weight excluding hydrogens is 769 g/mol. The number of unbranched alkanes of at least 4 members (excludes halogenated alkanes) is 13. The molecule has 1 atom stereocenters. The van der Waals surface area contributed by atoms with Gasteiger partial charge in [-0.2, -0.15) is 0 Å². The molecule has 1 unspecified atom stereocenters. The Morgan fingerprint density at radius 3 is 1.15 bits per heavy atom. The molecule has 0 aliphatic rings. The van der Waals surface area contributed by atoms with E-state index in [0.29, 0.717) is 19.3 Å². The van der Waals surface area contributed by atoms with Crippen molar-refractivity contribution in [2.24, 2.45) is 0 Å². The molecule has 0 radical (unpaired) electrons. The summed E-state index contributed by atoms with van der Waals surface area (Å²) < 4.78 is 16.7. The molecule has 348 valence electrons. The van der Waals surface area contributed by atoms with Gasteiger partial charge in [-0.25, -0.2) is 0 Å². The summed E-state index contributed by atoms with van der Waals surface area (Å²) in [6, 6.07) is 0. The number of carbonyl (C=O) groups excluding carboxylic acids is 3. The molecule has 62 heavy (non-hydrogen) atoms. The second-order valence-electron chi connectivity index (χ2n) is 15.6. The van der Waals surface area contributed by atoms with Crippen molar-refractivity contribution >= 4 is 17.9 Å². The first kappa shape index (κ1) is 57.8. The zero-order valence-electron chi connectivity index (χ0n) is 39.6. The highest BCUT2D eigenvalue weighted by atomic mass is 16.6. The lowest BCUT2D eigenvalue weighted by Gasteiger charge is -2.18. The van der Waals surface area contributed by atoms with Gasteiger partial charge < -0.3 is 14.2 Å². The molecule has 6 heteroatoms. The molecule has 0 aromatic carbocycles. The lowest BCUT2D eigenvalue weighted by molar-refractivity contribution is -0.167. The molecule has 0 aromatic heterocycles. The topological polar surface area (TPSA) is 78.9 Å². The van der Waals surface area contributed by atoms with Crippen LogP contribution in [-0.2, 0) is 28.6 Å². The molecule has 0 amide bonds. The first-order valence-electron chi connectivity index (χ1n) is 24.6. The lowest BCUT2D eigenvalue weighted by atomic mass is 10.1. The summed E-state index contributed by atoms with van der Waals surface area (Å²) in [5.74, 6) is -1.01. The summed E-state index contributed by atoms with van der Waals surface area (Å²) in [4.78, 5) is 37.9. The van der Waals surface area contributed by atoms with E-state index < -0.39 is 6.10 Å². The van der Waals surface area contributed by atoms with Crippen LogP contribution in [0.2, 0.25) is 0 Å². The average molecular weight is 857 g/mol. The summed E-state index contributed by atoms with van der Waals surface area (Å²) in [6.07, 6.45) is 67.6. The minimum absolute atomic E-state index is 0.114. The summed E-state index contributed by atoms with van der Waals surface area (Å²) in [6.45, 7) is 6.19. The zero-order chi connectivity index (χ0) is 45.1. The molecule has 0 bridgehead atoms. The van der Waals surface area contributed by atoms with E-state index in [0.717, 1.165) is 122 Å². The van der Waals surface area contributed by atoms with E-state index in [1.807, 2.05) is 6.08 Å². The van der Waals surface area contributed by atoms with Crippen LogP contribution in [0.3, 0.4) is 0 Å². The van der Waals surface area contributed by atoms with Crippen LogP contribution in [0.5, 0.6) is 0 Å². The van der Waals surface area contributed by atoms with Crippen molar-refractivity contribution in [3.63, 3.8) is 0 Å². The van der Waals surface area contributed by atoms with Crippen molar-refractivity contribution in [1.82, 2.24) is 0 Å². The van der Waals surface area contributed by atoms with Crippen LogP contribution in [0.1, 0.15) is 194 Å². The van der Waals surface area contributed by atoms with Crippen LogP contribution >= 0.6 is 0 Å². The van der Waals surface area contributed by atoms with Crippen LogP contribution in [0.4, 0.5) is 0 Å². The molecule has 0 saturated carbocycles. The smallest absolute Gasteiger partial charge is 0.306 e. The van der Waals surface area contributed by atoms with Crippen molar-refractivity contribution in [2.45, 2.75) is 200 Å². The molecule has 0 heterocycles. The second kappa shape index (κ2) is 49.5. The summed E-state index contributed by atoms with van der Waals surface area (Å²) in [5, 5.41) is 0. The van der Waals surface area contributed by atoms with Crippen LogP contribution in [-0.4, -0.2) is 37.2 Å². The van der Waals surface area contributed by atoms with Gasteiger partial charge in [0.15, 0.2) is 6.10 Å². The van der Waals surface area contributed by atoms with E-state index in [1.165, 1.54) is 25.7 Å².